The van der Waals surface area contributed by atoms with Crippen molar-refractivity contribution in [1.82, 2.24) is 0 Å². The summed E-state index contributed by atoms with van der Waals surface area (Å²) in [7, 11) is 3.37. The molecular weight excluding hydrogens is 474 g/mol. The quantitative estimate of drug-likeness (QED) is 0.310. The highest BCUT2D eigenvalue weighted by Gasteiger charge is 2.21. The van der Waals surface area contributed by atoms with Gasteiger partial charge < -0.3 is 28.8 Å². The molecule has 3 aromatic carbocycles. The average molecular weight is 502 g/mol. The van der Waals surface area contributed by atoms with Crippen LogP contribution in [-0.4, -0.2) is 49.1 Å². The first-order chi connectivity index (χ1) is 16.8. The molecule has 0 aromatic heterocycles. The highest BCUT2D eigenvalue weighted by molar-refractivity contribution is 7.92. The number of phenols is 1. The van der Waals surface area contributed by atoms with Crippen LogP contribution in [-0.2, 0) is 10.0 Å². The van der Waals surface area contributed by atoms with Gasteiger partial charge in [0, 0.05) is 5.56 Å². The summed E-state index contributed by atoms with van der Waals surface area (Å²) >= 11 is 0. The van der Waals surface area contributed by atoms with Gasteiger partial charge in [-0.2, -0.15) is 0 Å². The monoisotopic (exact) mass is 501 g/mol. The largest absolute Gasteiger partial charge is 0.503 e. The van der Waals surface area contributed by atoms with Crippen LogP contribution in [0.25, 0.3) is 12.2 Å². The smallest absolute Gasteiger partial charge is 0.262 e. The van der Waals surface area contributed by atoms with Gasteiger partial charge in [-0.1, -0.05) is 12.2 Å². The zero-order valence-corrected chi connectivity index (χ0v) is 20.8. The molecule has 0 saturated carbocycles. The summed E-state index contributed by atoms with van der Waals surface area (Å²) in [5.41, 5.74) is 1.05. The lowest BCUT2D eigenvalue weighted by molar-refractivity contribution is 0.324. The molecule has 2 N–H and O–H groups in total. The third-order valence-corrected chi connectivity index (χ3v) is 6.51. The van der Waals surface area contributed by atoms with Crippen LogP contribution in [0.4, 0.5) is 5.69 Å². The minimum absolute atomic E-state index is 0.0000709. The maximum absolute atomic E-state index is 13.0. The van der Waals surface area contributed by atoms with E-state index in [9.17, 15) is 13.5 Å². The molecule has 0 radical (unpaired) electrons. The molecule has 0 bridgehead atoms. The highest BCUT2D eigenvalue weighted by atomic mass is 32.2. The summed E-state index contributed by atoms with van der Waals surface area (Å²) in [6, 6.07) is 12.5. The standard InChI is InChI=1S/C25H27NO8S/c1-30-18-9-11-19(12-10-18)35(28,29)26-23-17(8-13-20(31-2)24(23)27)7-6-16-14-21(32-3)25(34-5)22(15-16)33-4/h6-15,26-27H,1-5H3. The number of nitrogens with one attached hydrogen (secondary N) is 1. The van der Waals surface area contributed by atoms with E-state index in [1.807, 2.05) is 0 Å². The molecule has 0 unspecified atom stereocenters. The SMILES string of the molecule is COc1ccc(S(=O)(=O)Nc2c(C=Cc3cc(OC)c(OC)c(OC)c3)ccc(OC)c2O)cc1. The Morgan fingerprint density at radius 2 is 1.34 bits per heavy atom. The molecule has 0 amide bonds. The van der Waals surface area contributed by atoms with E-state index < -0.39 is 10.0 Å². The Kier molecular flexibility index (Phi) is 7.98. The fourth-order valence-electron chi connectivity index (χ4n) is 3.33. The van der Waals surface area contributed by atoms with E-state index in [0.29, 0.717) is 34.1 Å². The Bertz CT molecular complexity index is 1290. The number of ether oxygens (including phenoxy) is 5. The summed E-state index contributed by atoms with van der Waals surface area (Å²) < 4.78 is 54.9. The van der Waals surface area contributed by atoms with Crippen LogP contribution < -0.4 is 28.4 Å². The molecule has 0 atom stereocenters. The zero-order chi connectivity index (χ0) is 25.6. The minimum atomic E-state index is -4.03. The number of aromatic hydroxyl groups is 1. The predicted molar refractivity (Wildman–Crippen MR) is 133 cm³/mol. The Morgan fingerprint density at radius 3 is 1.86 bits per heavy atom. The van der Waals surface area contributed by atoms with Crippen molar-refractivity contribution < 1.29 is 37.2 Å². The van der Waals surface area contributed by atoms with Gasteiger partial charge in [-0.3, -0.25) is 4.72 Å². The Balaban J connectivity index is 2.04. The highest BCUT2D eigenvalue weighted by Crippen LogP contribution is 2.41. The van der Waals surface area contributed by atoms with Gasteiger partial charge in [0.15, 0.2) is 23.0 Å². The van der Waals surface area contributed by atoms with Crippen LogP contribution in [0.2, 0.25) is 0 Å². The molecule has 10 heteroatoms. The number of rotatable bonds is 10. The van der Waals surface area contributed by atoms with Gasteiger partial charge in [0.2, 0.25) is 5.75 Å². The van der Waals surface area contributed by atoms with Gasteiger partial charge in [-0.05, 0) is 54.1 Å². The number of methoxy groups -OCH3 is 5. The van der Waals surface area contributed by atoms with Crippen LogP contribution >= 0.6 is 0 Å². The third kappa shape index (κ3) is 5.55. The first-order valence-corrected chi connectivity index (χ1v) is 11.8. The van der Waals surface area contributed by atoms with Gasteiger partial charge in [0.25, 0.3) is 10.0 Å². The maximum atomic E-state index is 13.0. The molecule has 186 valence electrons. The van der Waals surface area contributed by atoms with Gasteiger partial charge in [-0.25, -0.2) is 8.42 Å². The molecule has 0 aliphatic carbocycles. The second kappa shape index (κ2) is 10.9. The zero-order valence-electron chi connectivity index (χ0n) is 20.0. The number of hydrogen-bond donors (Lipinski definition) is 2. The van der Waals surface area contributed by atoms with Crippen molar-refractivity contribution in [2.45, 2.75) is 4.90 Å². The van der Waals surface area contributed by atoms with Crippen LogP contribution in [0, 0.1) is 0 Å². The van der Waals surface area contributed by atoms with Gasteiger partial charge >= 0.3 is 0 Å². The Hall–Kier alpha value is -4.05. The lowest BCUT2D eigenvalue weighted by atomic mass is 10.1. The van der Waals surface area contributed by atoms with Crippen LogP contribution in [0.1, 0.15) is 11.1 Å². The lowest BCUT2D eigenvalue weighted by Crippen LogP contribution is -2.14. The van der Waals surface area contributed by atoms with Crippen LogP contribution in [0.5, 0.6) is 34.5 Å². The molecule has 9 nitrogen and oxygen atoms in total. The van der Waals surface area contributed by atoms with Crippen molar-refractivity contribution in [3.8, 4) is 34.5 Å². The first-order valence-electron chi connectivity index (χ1n) is 10.3. The van der Waals surface area contributed by atoms with E-state index >= 15 is 0 Å². The van der Waals surface area contributed by atoms with Crippen molar-refractivity contribution in [3.63, 3.8) is 0 Å². The number of sulfonamides is 1. The van der Waals surface area contributed by atoms with Gasteiger partial charge in [-0.15, -0.1) is 0 Å². The first kappa shape index (κ1) is 25.6. The average Bonchev–Trinajstić information content (AvgIpc) is 2.88. The maximum Gasteiger partial charge on any atom is 0.262 e. The number of phenolic OH excluding ortho intramolecular Hbond substituents is 1. The van der Waals surface area contributed by atoms with Crippen LogP contribution in [0.3, 0.4) is 0 Å². The molecule has 0 heterocycles. The fourth-order valence-corrected chi connectivity index (χ4v) is 4.43. The lowest BCUT2D eigenvalue weighted by Gasteiger charge is -2.15. The van der Waals surface area contributed by atoms with Crippen molar-refractivity contribution in [2.75, 3.05) is 40.3 Å². The van der Waals surface area contributed by atoms with Crippen molar-refractivity contribution in [3.05, 3.63) is 59.7 Å². The second-order valence-corrected chi connectivity index (χ2v) is 8.84. The van der Waals surface area contributed by atoms with E-state index in [-0.39, 0.29) is 22.1 Å². The van der Waals surface area contributed by atoms with Crippen molar-refractivity contribution in [1.29, 1.82) is 0 Å². The van der Waals surface area contributed by atoms with E-state index in [1.54, 1.807) is 30.4 Å². The topological polar surface area (TPSA) is 113 Å². The number of benzene rings is 3. The fraction of sp³-hybridized carbons (Fsp3) is 0.200. The molecular formula is C25H27NO8S. The minimum Gasteiger partial charge on any atom is -0.503 e. The molecule has 0 saturated heterocycles. The summed E-state index contributed by atoms with van der Waals surface area (Å²) in [4.78, 5) is 0.0000709. The molecule has 3 aromatic rings. The third-order valence-electron chi connectivity index (χ3n) is 5.14. The summed E-state index contributed by atoms with van der Waals surface area (Å²) in [6.45, 7) is 0. The molecule has 0 aliphatic rings. The van der Waals surface area contributed by atoms with E-state index in [0.717, 1.165) is 0 Å². The Morgan fingerprint density at radius 1 is 0.743 bits per heavy atom. The van der Waals surface area contributed by atoms with Crippen molar-refractivity contribution >= 4 is 27.9 Å². The molecule has 3 rings (SSSR count). The normalized spacial score (nSPS) is 11.2. The molecule has 35 heavy (non-hydrogen) atoms. The van der Waals surface area contributed by atoms with E-state index in [1.165, 1.54) is 65.9 Å². The van der Waals surface area contributed by atoms with E-state index in [4.69, 9.17) is 23.7 Å². The predicted octanol–water partition coefficient (Wildman–Crippen LogP) is 4.41. The summed E-state index contributed by atoms with van der Waals surface area (Å²) in [5, 5.41) is 10.7. The number of hydrogen-bond acceptors (Lipinski definition) is 8. The van der Waals surface area contributed by atoms with Crippen LogP contribution in [0.15, 0.2) is 53.4 Å². The molecule has 0 aliphatic heterocycles. The van der Waals surface area contributed by atoms with Crippen molar-refractivity contribution in [2.24, 2.45) is 0 Å². The Labute approximate surface area is 204 Å². The molecule has 0 fully saturated rings. The van der Waals surface area contributed by atoms with Gasteiger partial charge in [0.05, 0.1) is 40.4 Å². The molecule has 0 spiro atoms. The van der Waals surface area contributed by atoms with E-state index in [2.05, 4.69) is 4.72 Å². The summed E-state index contributed by atoms with van der Waals surface area (Å²) in [6.07, 6.45) is 3.36. The second-order valence-electron chi connectivity index (χ2n) is 7.15. The van der Waals surface area contributed by atoms with Gasteiger partial charge in [0.1, 0.15) is 11.4 Å². The summed E-state index contributed by atoms with van der Waals surface area (Å²) in [5.74, 6) is 1.65. The number of anilines is 1.